The summed E-state index contributed by atoms with van der Waals surface area (Å²) in [5.41, 5.74) is 0.890. The third kappa shape index (κ3) is 3.23. The quantitative estimate of drug-likeness (QED) is 0.712. The fourth-order valence-corrected chi connectivity index (χ4v) is 2.41. The molecule has 0 aliphatic carbocycles. The van der Waals surface area contributed by atoms with E-state index in [4.69, 9.17) is 10.00 Å². The van der Waals surface area contributed by atoms with E-state index in [0.717, 1.165) is 12.2 Å². The number of nitriles is 1. The molecule has 0 aliphatic rings. The van der Waals surface area contributed by atoms with Crippen molar-refractivity contribution in [2.45, 2.75) is 6.92 Å². The van der Waals surface area contributed by atoms with Crippen LogP contribution in [0.25, 0.3) is 11.0 Å². The van der Waals surface area contributed by atoms with Gasteiger partial charge in [0.25, 0.3) is 0 Å². The third-order valence-corrected chi connectivity index (χ3v) is 3.90. The minimum Gasteiger partial charge on any atom is -0.455 e. The highest BCUT2D eigenvalue weighted by Gasteiger charge is 2.12. The van der Waals surface area contributed by atoms with Crippen molar-refractivity contribution >= 4 is 16.7 Å². The number of aromatic amines is 2. The fraction of sp³-hybridized carbons (Fsp3) is 0.167. The first-order chi connectivity index (χ1) is 12.0. The smallest absolute Gasteiger partial charge is 0.314 e. The molecule has 2 N–H and O–H groups in total. The second-order valence-electron chi connectivity index (χ2n) is 5.53. The minimum atomic E-state index is -0.714. The number of nitrogens with one attached hydrogen (secondary N) is 2. The first-order valence-electron chi connectivity index (χ1n) is 7.71. The largest absolute Gasteiger partial charge is 0.455 e. The Morgan fingerprint density at radius 1 is 1.08 bits per heavy atom. The summed E-state index contributed by atoms with van der Waals surface area (Å²) in [5, 5.41) is 8.87. The van der Waals surface area contributed by atoms with Crippen LogP contribution < -0.4 is 20.8 Å². The maximum atomic E-state index is 11.6. The number of H-pyrrole nitrogens is 2. The van der Waals surface area contributed by atoms with Crippen LogP contribution in [0.15, 0.2) is 46.0 Å². The van der Waals surface area contributed by atoms with E-state index >= 15 is 0 Å². The van der Waals surface area contributed by atoms with E-state index < -0.39 is 11.1 Å². The summed E-state index contributed by atoms with van der Waals surface area (Å²) < 4.78 is 5.95. The van der Waals surface area contributed by atoms with Crippen LogP contribution in [0.3, 0.4) is 0 Å². The second-order valence-corrected chi connectivity index (χ2v) is 5.53. The Bertz CT molecular complexity index is 1070. The number of ether oxygens (including phenoxy) is 1. The van der Waals surface area contributed by atoms with Gasteiger partial charge in [-0.3, -0.25) is 9.59 Å². The van der Waals surface area contributed by atoms with Crippen molar-refractivity contribution in [2.75, 3.05) is 18.5 Å². The van der Waals surface area contributed by atoms with E-state index in [1.54, 1.807) is 36.4 Å². The molecule has 0 saturated heterocycles. The van der Waals surface area contributed by atoms with Gasteiger partial charge in [0.2, 0.25) is 0 Å². The SMILES string of the molecule is CCN(C)c1cc2[nH]c(=O)c(=O)[nH]c2cc1Oc1ccc(C#N)cc1. The van der Waals surface area contributed by atoms with Gasteiger partial charge in [-0.15, -0.1) is 0 Å². The van der Waals surface area contributed by atoms with Gasteiger partial charge >= 0.3 is 11.1 Å². The van der Waals surface area contributed by atoms with Gasteiger partial charge in [-0.05, 0) is 37.3 Å². The molecule has 7 nitrogen and oxygen atoms in total. The molecule has 3 rings (SSSR count). The Hall–Kier alpha value is -3.53. The summed E-state index contributed by atoms with van der Waals surface area (Å²) in [4.78, 5) is 30.2. The van der Waals surface area contributed by atoms with Crippen LogP contribution in [0, 0.1) is 11.3 Å². The lowest BCUT2D eigenvalue weighted by atomic mass is 10.2. The first kappa shape index (κ1) is 16.3. The fourth-order valence-electron chi connectivity index (χ4n) is 2.41. The summed E-state index contributed by atoms with van der Waals surface area (Å²) in [5.74, 6) is 1.10. The van der Waals surface area contributed by atoms with Crippen LogP contribution in [-0.2, 0) is 0 Å². The first-order valence-corrected chi connectivity index (χ1v) is 7.71. The van der Waals surface area contributed by atoms with Crippen molar-refractivity contribution in [3.8, 4) is 17.6 Å². The van der Waals surface area contributed by atoms with Crippen molar-refractivity contribution in [1.29, 1.82) is 5.26 Å². The zero-order valence-electron chi connectivity index (χ0n) is 13.8. The van der Waals surface area contributed by atoms with Gasteiger partial charge in [-0.2, -0.15) is 5.26 Å². The predicted molar refractivity (Wildman–Crippen MR) is 95.4 cm³/mol. The summed E-state index contributed by atoms with van der Waals surface area (Å²) in [7, 11) is 1.90. The Morgan fingerprint density at radius 2 is 1.68 bits per heavy atom. The molecule has 1 aromatic heterocycles. The highest BCUT2D eigenvalue weighted by Crippen LogP contribution is 2.34. The Kier molecular flexibility index (Phi) is 4.27. The second kappa shape index (κ2) is 6.53. The topological polar surface area (TPSA) is 102 Å². The summed E-state index contributed by atoms with van der Waals surface area (Å²) in [6.45, 7) is 2.72. The van der Waals surface area contributed by atoms with E-state index in [0.29, 0.717) is 28.1 Å². The van der Waals surface area contributed by atoms with Crippen molar-refractivity contribution in [1.82, 2.24) is 9.97 Å². The van der Waals surface area contributed by atoms with Gasteiger partial charge in [0.05, 0.1) is 28.4 Å². The molecule has 0 radical (unpaired) electrons. The Morgan fingerprint density at radius 3 is 2.24 bits per heavy atom. The van der Waals surface area contributed by atoms with Crippen molar-refractivity contribution in [3.05, 3.63) is 62.7 Å². The Balaban J connectivity index is 2.13. The van der Waals surface area contributed by atoms with E-state index in [1.165, 1.54) is 0 Å². The number of fused-ring (bicyclic) bond motifs is 1. The number of aromatic nitrogens is 2. The van der Waals surface area contributed by atoms with Crippen LogP contribution >= 0.6 is 0 Å². The van der Waals surface area contributed by atoms with E-state index in [2.05, 4.69) is 16.0 Å². The normalized spacial score (nSPS) is 10.4. The van der Waals surface area contributed by atoms with Crippen molar-refractivity contribution < 1.29 is 4.74 Å². The lowest BCUT2D eigenvalue weighted by Crippen LogP contribution is -2.29. The van der Waals surface area contributed by atoms with Gasteiger partial charge in [0, 0.05) is 19.7 Å². The molecule has 0 atom stereocenters. The zero-order chi connectivity index (χ0) is 18.0. The zero-order valence-corrected chi connectivity index (χ0v) is 13.8. The van der Waals surface area contributed by atoms with Gasteiger partial charge in [0.15, 0.2) is 5.75 Å². The minimum absolute atomic E-state index is 0.474. The summed E-state index contributed by atoms with van der Waals surface area (Å²) in [6.07, 6.45) is 0. The highest BCUT2D eigenvalue weighted by atomic mass is 16.5. The van der Waals surface area contributed by atoms with Gasteiger partial charge in [-0.25, -0.2) is 0 Å². The molecular weight excluding hydrogens is 320 g/mol. The maximum absolute atomic E-state index is 11.6. The monoisotopic (exact) mass is 336 g/mol. The molecular formula is C18H16N4O3. The number of hydrogen-bond donors (Lipinski definition) is 2. The molecule has 0 aliphatic heterocycles. The average molecular weight is 336 g/mol. The van der Waals surface area contributed by atoms with Gasteiger partial charge in [0.1, 0.15) is 5.75 Å². The van der Waals surface area contributed by atoms with E-state index in [9.17, 15) is 9.59 Å². The lowest BCUT2D eigenvalue weighted by Gasteiger charge is -2.21. The molecule has 0 fully saturated rings. The summed E-state index contributed by atoms with van der Waals surface area (Å²) >= 11 is 0. The molecule has 3 aromatic rings. The van der Waals surface area contributed by atoms with Gasteiger partial charge in [-0.1, -0.05) is 0 Å². The molecule has 7 heteroatoms. The van der Waals surface area contributed by atoms with E-state index in [1.807, 2.05) is 18.9 Å². The maximum Gasteiger partial charge on any atom is 0.314 e. The third-order valence-electron chi connectivity index (χ3n) is 3.90. The Labute approximate surface area is 143 Å². The van der Waals surface area contributed by atoms with E-state index in [-0.39, 0.29) is 0 Å². The van der Waals surface area contributed by atoms with Crippen LogP contribution in [0.2, 0.25) is 0 Å². The molecule has 0 bridgehead atoms. The standard InChI is InChI=1S/C18H16N4O3/c1-3-22(2)15-8-13-14(21-18(24)17(23)20-13)9-16(15)25-12-6-4-11(10-19)5-7-12/h4-9H,3H2,1-2H3,(H,20,23)(H,21,24). The summed E-state index contributed by atoms with van der Waals surface area (Å²) in [6, 6.07) is 12.2. The number of benzene rings is 2. The molecule has 0 amide bonds. The molecule has 0 unspecified atom stereocenters. The average Bonchev–Trinajstić information content (AvgIpc) is 2.62. The number of rotatable bonds is 4. The highest BCUT2D eigenvalue weighted by molar-refractivity contribution is 5.83. The number of anilines is 1. The van der Waals surface area contributed by atoms with Crippen LogP contribution in [-0.4, -0.2) is 23.6 Å². The number of hydrogen-bond acceptors (Lipinski definition) is 5. The molecule has 25 heavy (non-hydrogen) atoms. The molecule has 0 saturated carbocycles. The van der Waals surface area contributed by atoms with Crippen molar-refractivity contribution in [2.24, 2.45) is 0 Å². The molecule has 126 valence electrons. The predicted octanol–water partition coefficient (Wildman–Crippen LogP) is 2.34. The molecule has 2 aromatic carbocycles. The van der Waals surface area contributed by atoms with Crippen LogP contribution in [0.5, 0.6) is 11.5 Å². The lowest BCUT2D eigenvalue weighted by molar-refractivity contribution is 0.483. The van der Waals surface area contributed by atoms with Gasteiger partial charge < -0.3 is 19.6 Å². The molecule has 1 heterocycles. The molecule has 0 spiro atoms. The van der Waals surface area contributed by atoms with Crippen LogP contribution in [0.4, 0.5) is 5.69 Å². The van der Waals surface area contributed by atoms with Crippen LogP contribution in [0.1, 0.15) is 12.5 Å². The van der Waals surface area contributed by atoms with Crippen molar-refractivity contribution in [3.63, 3.8) is 0 Å². The number of nitrogens with zero attached hydrogens (tertiary/aromatic N) is 2.